The first-order chi connectivity index (χ1) is 15.3. The number of nitrogens with one attached hydrogen (secondary N) is 1. The van der Waals surface area contributed by atoms with E-state index in [2.05, 4.69) is 114 Å². The number of rotatable bonds is 7. The molecule has 3 aromatic carbocycles. The molecule has 1 N–H and O–H groups in total. The molecule has 1 aliphatic rings. The molecule has 0 saturated heterocycles. The first-order valence-electron chi connectivity index (χ1n) is 11.8. The van der Waals surface area contributed by atoms with E-state index in [0.29, 0.717) is 12.5 Å². The van der Waals surface area contributed by atoms with E-state index >= 15 is 0 Å². The molecule has 0 fully saturated rings. The predicted octanol–water partition coefficient (Wildman–Crippen LogP) is 1.81. The zero-order chi connectivity index (χ0) is 22.8. The van der Waals surface area contributed by atoms with Gasteiger partial charge < -0.3 is 31.1 Å². The third-order valence-electron chi connectivity index (χ3n) is 7.15. The lowest BCUT2D eigenvalue weighted by Crippen LogP contribution is -3.13. The van der Waals surface area contributed by atoms with Crippen molar-refractivity contribution in [2.24, 2.45) is 0 Å². The number of halogens is 1. The molecule has 0 bridgehead atoms. The third kappa shape index (κ3) is 6.06. The number of hydrogen-bond donors (Lipinski definition) is 1. The van der Waals surface area contributed by atoms with Gasteiger partial charge in [0.15, 0.2) is 0 Å². The van der Waals surface area contributed by atoms with Gasteiger partial charge in [-0.25, -0.2) is 0 Å². The van der Waals surface area contributed by atoms with Gasteiger partial charge >= 0.3 is 0 Å². The summed E-state index contributed by atoms with van der Waals surface area (Å²) in [5.41, 5.74) is 5.74. The summed E-state index contributed by atoms with van der Waals surface area (Å²) in [5, 5.41) is 0. The standard InChI is InChI=1S/C29H37N2O.BrH/c1-29(2)21-27(24-14-10-7-11-15-24)26-17-16-25(20-28(26)30(29)3)32-19-18-31(4,5)22-23-12-8-6-9-13-23;/h6-17,20,27H,18-19,21-22H2,1-5H3;1H/q+1;. The van der Waals surface area contributed by atoms with Crippen LogP contribution in [0.3, 0.4) is 0 Å². The summed E-state index contributed by atoms with van der Waals surface area (Å²) in [6.45, 7) is 7.43. The normalized spacial score (nSPS) is 19.3. The molecule has 0 radical (unpaired) electrons. The molecule has 2 unspecified atom stereocenters. The van der Waals surface area contributed by atoms with Gasteiger partial charge in [-0.2, -0.15) is 0 Å². The van der Waals surface area contributed by atoms with E-state index in [1.165, 1.54) is 27.3 Å². The van der Waals surface area contributed by atoms with Crippen molar-refractivity contribution in [2.45, 2.75) is 38.3 Å². The molecule has 0 aromatic heterocycles. The molecule has 33 heavy (non-hydrogen) atoms. The second-order valence-corrected chi connectivity index (χ2v) is 10.6. The smallest absolute Gasteiger partial charge is 0.138 e. The average molecular weight is 511 g/mol. The number of benzene rings is 3. The van der Waals surface area contributed by atoms with Crippen LogP contribution in [-0.2, 0) is 6.54 Å². The van der Waals surface area contributed by atoms with Crippen LogP contribution in [0.2, 0.25) is 0 Å². The Morgan fingerprint density at radius 3 is 2.24 bits per heavy atom. The highest BCUT2D eigenvalue weighted by molar-refractivity contribution is 5.52. The minimum Gasteiger partial charge on any atom is -1.00 e. The van der Waals surface area contributed by atoms with Gasteiger partial charge in [0.25, 0.3) is 0 Å². The SMILES string of the molecule is C[NH+]1c2cc(OCC[N+](C)(C)Cc3ccccc3)ccc2C(c2ccccc2)CC1(C)C.[Br-]. The highest BCUT2D eigenvalue weighted by atomic mass is 79.9. The molecule has 176 valence electrons. The van der Waals surface area contributed by atoms with Crippen molar-refractivity contribution >= 4 is 5.69 Å². The molecule has 3 aromatic rings. The van der Waals surface area contributed by atoms with Crippen molar-refractivity contribution in [1.29, 1.82) is 0 Å². The maximum atomic E-state index is 6.27. The summed E-state index contributed by atoms with van der Waals surface area (Å²) in [5.74, 6) is 1.41. The van der Waals surface area contributed by atoms with E-state index in [-0.39, 0.29) is 22.5 Å². The molecule has 2 atom stereocenters. The van der Waals surface area contributed by atoms with E-state index in [1.54, 1.807) is 0 Å². The minimum atomic E-state index is 0. The van der Waals surface area contributed by atoms with Crippen molar-refractivity contribution < 1.29 is 31.1 Å². The van der Waals surface area contributed by atoms with Crippen molar-refractivity contribution in [1.82, 2.24) is 0 Å². The molecule has 0 aliphatic carbocycles. The van der Waals surface area contributed by atoms with Gasteiger partial charge in [-0.15, -0.1) is 0 Å². The van der Waals surface area contributed by atoms with Crippen LogP contribution in [0.5, 0.6) is 5.75 Å². The maximum absolute atomic E-state index is 6.27. The molecule has 3 nitrogen and oxygen atoms in total. The molecular formula is C29H38BrN2O+. The van der Waals surface area contributed by atoms with Crippen LogP contribution in [0.1, 0.15) is 42.9 Å². The lowest BCUT2D eigenvalue weighted by molar-refractivity contribution is -0.903. The highest BCUT2D eigenvalue weighted by Crippen LogP contribution is 2.40. The number of likely N-dealkylation sites (N-methyl/N-ethyl adjacent to an activating group) is 1. The molecule has 0 saturated carbocycles. The van der Waals surface area contributed by atoms with E-state index < -0.39 is 0 Å². The topological polar surface area (TPSA) is 13.7 Å². The van der Waals surface area contributed by atoms with Crippen LogP contribution in [0.15, 0.2) is 78.9 Å². The third-order valence-corrected chi connectivity index (χ3v) is 7.15. The fourth-order valence-corrected chi connectivity index (χ4v) is 4.94. The second-order valence-electron chi connectivity index (χ2n) is 10.6. The van der Waals surface area contributed by atoms with Gasteiger partial charge in [0, 0.05) is 29.5 Å². The largest absolute Gasteiger partial charge is 1.00 e. The number of nitrogens with zero attached hydrogens (tertiary/aromatic N) is 1. The fraction of sp³-hybridized carbons (Fsp3) is 0.379. The lowest BCUT2D eigenvalue weighted by Gasteiger charge is -2.41. The van der Waals surface area contributed by atoms with Gasteiger partial charge in [0.1, 0.15) is 31.1 Å². The van der Waals surface area contributed by atoms with Crippen LogP contribution in [-0.4, -0.2) is 44.3 Å². The van der Waals surface area contributed by atoms with Gasteiger partial charge in [0.05, 0.1) is 26.7 Å². The Hall–Kier alpha value is -2.14. The number of fused-ring (bicyclic) bond motifs is 1. The Bertz CT molecular complexity index is 1030. The summed E-state index contributed by atoms with van der Waals surface area (Å²) in [6, 6.07) is 28.4. The molecular weight excluding hydrogens is 472 g/mol. The molecule has 0 amide bonds. The minimum absolute atomic E-state index is 0. The Morgan fingerprint density at radius 1 is 0.939 bits per heavy atom. The molecule has 1 heterocycles. The quantitative estimate of drug-likeness (QED) is 0.479. The van der Waals surface area contributed by atoms with Crippen LogP contribution in [0.4, 0.5) is 5.69 Å². The van der Waals surface area contributed by atoms with Gasteiger partial charge in [-0.3, -0.25) is 0 Å². The first kappa shape index (κ1) is 25.5. The first-order valence-corrected chi connectivity index (χ1v) is 11.8. The monoisotopic (exact) mass is 509 g/mol. The summed E-state index contributed by atoms with van der Waals surface area (Å²) in [7, 11) is 6.84. The van der Waals surface area contributed by atoms with E-state index in [9.17, 15) is 0 Å². The Kier molecular flexibility index (Phi) is 8.04. The van der Waals surface area contributed by atoms with Crippen LogP contribution >= 0.6 is 0 Å². The van der Waals surface area contributed by atoms with Gasteiger partial charge in [-0.05, 0) is 31.5 Å². The number of ether oxygens (including phenoxy) is 1. The highest BCUT2D eigenvalue weighted by Gasteiger charge is 2.41. The lowest BCUT2D eigenvalue weighted by atomic mass is 9.76. The van der Waals surface area contributed by atoms with Crippen molar-refractivity contribution in [3.8, 4) is 5.75 Å². The molecule has 4 rings (SSSR count). The summed E-state index contributed by atoms with van der Waals surface area (Å²) in [6.07, 6.45) is 1.14. The predicted molar refractivity (Wildman–Crippen MR) is 133 cm³/mol. The van der Waals surface area contributed by atoms with Crippen molar-refractivity contribution in [3.63, 3.8) is 0 Å². The molecule has 1 aliphatic heterocycles. The Morgan fingerprint density at radius 2 is 1.58 bits per heavy atom. The van der Waals surface area contributed by atoms with Crippen LogP contribution in [0, 0.1) is 0 Å². The van der Waals surface area contributed by atoms with Crippen LogP contribution < -0.4 is 26.6 Å². The summed E-state index contributed by atoms with van der Waals surface area (Å²) in [4.78, 5) is 1.46. The molecule has 0 spiro atoms. The zero-order valence-corrected chi connectivity index (χ0v) is 22.2. The second kappa shape index (κ2) is 10.4. The van der Waals surface area contributed by atoms with Crippen molar-refractivity contribution in [3.05, 3.63) is 95.6 Å². The Balaban J connectivity index is 0.00000306. The van der Waals surface area contributed by atoms with E-state index in [4.69, 9.17) is 4.74 Å². The summed E-state index contributed by atoms with van der Waals surface area (Å²) >= 11 is 0. The van der Waals surface area contributed by atoms with E-state index in [0.717, 1.165) is 29.7 Å². The summed E-state index contributed by atoms with van der Waals surface area (Å²) < 4.78 is 7.18. The Labute approximate surface area is 210 Å². The van der Waals surface area contributed by atoms with Crippen molar-refractivity contribution in [2.75, 3.05) is 34.3 Å². The van der Waals surface area contributed by atoms with Crippen LogP contribution in [0.25, 0.3) is 0 Å². The van der Waals surface area contributed by atoms with Gasteiger partial charge in [-0.1, -0.05) is 60.7 Å². The molecule has 4 heteroatoms. The average Bonchev–Trinajstić information content (AvgIpc) is 2.77. The number of quaternary nitrogens is 2. The fourth-order valence-electron chi connectivity index (χ4n) is 4.94. The van der Waals surface area contributed by atoms with Gasteiger partial charge in [0.2, 0.25) is 0 Å². The van der Waals surface area contributed by atoms with E-state index in [1.807, 2.05) is 0 Å². The number of hydrogen-bond acceptors (Lipinski definition) is 1. The zero-order valence-electron chi connectivity index (χ0n) is 20.6. The maximum Gasteiger partial charge on any atom is 0.138 e.